The average molecular weight is 909 g/mol. The number of carbonyl (C=O) groups is 1. The van der Waals surface area contributed by atoms with E-state index in [0.29, 0.717) is 13.0 Å². The van der Waals surface area contributed by atoms with Gasteiger partial charge in [0.25, 0.3) is 0 Å². The number of hydrogen-bond donors (Lipinski definition) is 6. The third-order valence-corrected chi connectivity index (χ3v) is 11.5. The second-order valence-electron chi connectivity index (χ2n) is 16.2. The fourth-order valence-corrected chi connectivity index (χ4v) is 7.68. The Balaban J connectivity index is 2.42. The minimum Gasteiger partial charge on any atom is -0.457 e. The first-order valence-corrected chi connectivity index (χ1v) is 25.4. The average Bonchev–Trinajstić information content (AvgIpc) is 3.27. The van der Waals surface area contributed by atoms with E-state index in [0.717, 1.165) is 109 Å². The molecule has 1 fully saturated rings. The van der Waals surface area contributed by atoms with Crippen molar-refractivity contribution >= 4 is 13.8 Å². The zero-order valence-corrected chi connectivity index (χ0v) is 39.5. The smallest absolute Gasteiger partial charge is 0.457 e. The fourth-order valence-electron chi connectivity index (χ4n) is 6.70. The Kier molecular flexibility index (Phi) is 37.0. The van der Waals surface area contributed by atoms with Gasteiger partial charge in [0.2, 0.25) is 0 Å². The molecule has 6 N–H and O–H groups in total. The van der Waals surface area contributed by atoms with Gasteiger partial charge < -0.3 is 39.9 Å². The minimum absolute atomic E-state index is 0.105. The molecule has 6 unspecified atom stereocenters. The molecule has 13 heteroatoms. The molecular weight excluding hydrogens is 824 g/mol. The van der Waals surface area contributed by atoms with Crippen LogP contribution in [0, 0.1) is 0 Å². The number of esters is 1. The van der Waals surface area contributed by atoms with Crippen molar-refractivity contribution in [2.24, 2.45) is 0 Å². The Labute approximate surface area is 380 Å². The van der Waals surface area contributed by atoms with Gasteiger partial charge in [-0.3, -0.25) is 13.8 Å². The molecule has 0 aliphatic heterocycles. The van der Waals surface area contributed by atoms with Crippen LogP contribution in [0.5, 0.6) is 0 Å². The first-order valence-electron chi connectivity index (χ1n) is 23.9. The van der Waals surface area contributed by atoms with Crippen LogP contribution in [-0.4, -0.2) is 98.9 Å². The van der Waals surface area contributed by atoms with E-state index < -0.39 is 63.1 Å². The van der Waals surface area contributed by atoms with Gasteiger partial charge in [-0.25, -0.2) is 4.57 Å². The standard InChI is InChI=1S/C50H85O12P/c1-3-5-7-9-11-13-15-17-19-21-22-23-24-26-28-30-32-34-36-38-40-59-41-43(42-60-63(57,58)62-50-48(55)46(53)45(52)47(54)49(50)56)61-44(51)39-37-35-33-31-29-27-25-20-18-16-14-12-10-8-6-4-2/h5,7,11,13-14,16-17,19-20,22-23,25-26,28,43,45-50,52-56H,3-4,6,8-10,12,15,18,21,24,27,29-42H2,1-2H3,(H,57,58)/b7-5-,13-11-,16-14-,19-17-,23-22-,25-20-,28-26-. The SMILES string of the molecule is CC/C=C\C/C=C\C/C=C\C/C=C\C/C=C\CCCCCCOCC(COP(=O)(O)OC1C(O)C(O)C(O)C(O)C1O)OC(=O)CCCCCCC/C=C\C/C=C\CCCCCC. The highest BCUT2D eigenvalue weighted by Crippen LogP contribution is 2.47. The van der Waals surface area contributed by atoms with Gasteiger partial charge in [-0.2, -0.15) is 0 Å². The first-order chi connectivity index (χ1) is 30.5. The molecule has 362 valence electrons. The molecule has 1 aliphatic rings. The molecule has 1 rings (SSSR count). The predicted molar refractivity (Wildman–Crippen MR) is 253 cm³/mol. The molecule has 0 aromatic heterocycles. The molecule has 0 aromatic rings. The normalized spacial score (nSPS) is 22.6. The van der Waals surface area contributed by atoms with Crippen LogP contribution in [0.25, 0.3) is 0 Å². The fraction of sp³-hybridized carbons (Fsp3) is 0.700. The number of aliphatic hydroxyl groups is 5. The summed E-state index contributed by atoms with van der Waals surface area (Å²) in [7, 11) is -5.04. The summed E-state index contributed by atoms with van der Waals surface area (Å²) < 4.78 is 34.2. The summed E-state index contributed by atoms with van der Waals surface area (Å²) in [4.78, 5) is 23.2. The van der Waals surface area contributed by atoms with Crippen molar-refractivity contribution in [3.63, 3.8) is 0 Å². The number of ether oxygens (including phenoxy) is 2. The van der Waals surface area contributed by atoms with E-state index >= 15 is 0 Å². The molecule has 0 radical (unpaired) electrons. The monoisotopic (exact) mass is 909 g/mol. The van der Waals surface area contributed by atoms with Crippen LogP contribution in [0.15, 0.2) is 85.1 Å². The van der Waals surface area contributed by atoms with Gasteiger partial charge in [-0.1, -0.05) is 150 Å². The number of allylic oxidation sites excluding steroid dienone is 14. The van der Waals surface area contributed by atoms with Crippen LogP contribution in [0.3, 0.4) is 0 Å². The lowest BCUT2D eigenvalue weighted by Gasteiger charge is -2.41. The molecule has 1 aliphatic carbocycles. The van der Waals surface area contributed by atoms with E-state index in [1.54, 1.807) is 0 Å². The minimum atomic E-state index is -5.04. The van der Waals surface area contributed by atoms with Crippen molar-refractivity contribution in [1.82, 2.24) is 0 Å². The highest BCUT2D eigenvalue weighted by atomic mass is 31.2. The summed E-state index contributed by atoms with van der Waals surface area (Å²) in [5.41, 5.74) is 0. The van der Waals surface area contributed by atoms with Crippen LogP contribution < -0.4 is 0 Å². The maximum absolute atomic E-state index is 12.8. The lowest BCUT2D eigenvalue weighted by molar-refractivity contribution is -0.220. The molecule has 0 amide bonds. The molecule has 1 saturated carbocycles. The Bertz CT molecular complexity index is 1360. The lowest BCUT2D eigenvalue weighted by atomic mass is 9.85. The van der Waals surface area contributed by atoms with E-state index in [1.165, 1.54) is 25.7 Å². The number of rotatable bonds is 39. The Morgan fingerprint density at radius 3 is 1.43 bits per heavy atom. The van der Waals surface area contributed by atoms with Gasteiger partial charge in [0, 0.05) is 13.0 Å². The van der Waals surface area contributed by atoms with Crippen LogP contribution in [0.1, 0.15) is 162 Å². The highest BCUT2D eigenvalue weighted by molar-refractivity contribution is 7.47. The summed E-state index contributed by atoms with van der Waals surface area (Å²) in [6.45, 7) is 4.04. The van der Waals surface area contributed by atoms with Crippen molar-refractivity contribution < 1.29 is 58.3 Å². The van der Waals surface area contributed by atoms with Crippen molar-refractivity contribution in [1.29, 1.82) is 0 Å². The molecule has 0 bridgehead atoms. The Hall–Kier alpha value is -2.48. The van der Waals surface area contributed by atoms with Crippen molar-refractivity contribution in [2.45, 2.75) is 204 Å². The summed E-state index contributed by atoms with van der Waals surface area (Å²) in [6, 6.07) is 0. The van der Waals surface area contributed by atoms with Crippen molar-refractivity contribution in [3.8, 4) is 0 Å². The van der Waals surface area contributed by atoms with Gasteiger partial charge in [0.15, 0.2) is 0 Å². The highest BCUT2D eigenvalue weighted by Gasteiger charge is 2.51. The number of hydrogen-bond acceptors (Lipinski definition) is 11. The summed E-state index contributed by atoms with van der Waals surface area (Å²) in [5, 5.41) is 50.2. The van der Waals surface area contributed by atoms with Gasteiger partial charge in [-0.05, 0) is 89.9 Å². The van der Waals surface area contributed by atoms with Gasteiger partial charge in [-0.15, -0.1) is 0 Å². The van der Waals surface area contributed by atoms with Crippen LogP contribution in [-0.2, 0) is 27.9 Å². The zero-order valence-electron chi connectivity index (χ0n) is 38.6. The van der Waals surface area contributed by atoms with Gasteiger partial charge >= 0.3 is 13.8 Å². The number of aliphatic hydroxyl groups excluding tert-OH is 5. The third-order valence-electron chi connectivity index (χ3n) is 10.5. The van der Waals surface area contributed by atoms with E-state index in [-0.39, 0.29) is 13.0 Å². The van der Waals surface area contributed by atoms with Crippen molar-refractivity contribution in [2.75, 3.05) is 19.8 Å². The number of phosphoric acid groups is 1. The summed E-state index contributed by atoms with van der Waals surface area (Å²) >= 11 is 0. The third kappa shape index (κ3) is 31.9. The first kappa shape index (κ1) is 58.5. The second kappa shape index (κ2) is 39.8. The number of carbonyl (C=O) groups excluding carboxylic acids is 1. The largest absolute Gasteiger partial charge is 0.472 e. The summed E-state index contributed by atoms with van der Waals surface area (Å²) in [5.74, 6) is -0.504. The maximum atomic E-state index is 12.8. The zero-order chi connectivity index (χ0) is 46.2. The molecule has 12 nitrogen and oxygen atoms in total. The number of unbranched alkanes of at least 4 members (excludes halogenated alkanes) is 13. The van der Waals surface area contributed by atoms with E-state index in [1.807, 2.05) is 0 Å². The molecule has 0 aromatic carbocycles. The van der Waals surface area contributed by atoms with Gasteiger partial charge in [0.1, 0.15) is 42.7 Å². The van der Waals surface area contributed by atoms with Gasteiger partial charge in [0.05, 0.1) is 13.2 Å². The topological polar surface area (TPSA) is 192 Å². The second-order valence-corrected chi connectivity index (χ2v) is 17.6. The van der Waals surface area contributed by atoms with Crippen molar-refractivity contribution in [3.05, 3.63) is 85.1 Å². The molecule has 6 atom stereocenters. The Morgan fingerprint density at radius 2 is 0.937 bits per heavy atom. The molecular formula is C50H85O12P. The quantitative estimate of drug-likeness (QED) is 0.0148. The molecule has 63 heavy (non-hydrogen) atoms. The molecule has 0 saturated heterocycles. The lowest BCUT2D eigenvalue weighted by Crippen LogP contribution is -2.64. The van der Waals surface area contributed by atoms with Crippen LogP contribution >= 0.6 is 7.82 Å². The molecule has 0 heterocycles. The molecule has 0 spiro atoms. The summed E-state index contributed by atoms with van der Waals surface area (Å²) in [6.07, 6.45) is 40.7. The predicted octanol–water partition coefficient (Wildman–Crippen LogP) is 10.1. The Morgan fingerprint density at radius 1 is 0.524 bits per heavy atom. The van der Waals surface area contributed by atoms with E-state index in [2.05, 4.69) is 98.9 Å². The van der Waals surface area contributed by atoms with Crippen LogP contribution in [0.2, 0.25) is 0 Å². The number of phosphoric ester groups is 1. The van der Waals surface area contributed by atoms with E-state index in [9.17, 15) is 39.8 Å². The van der Waals surface area contributed by atoms with E-state index in [4.69, 9.17) is 18.5 Å². The van der Waals surface area contributed by atoms with Crippen LogP contribution in [0.4, 0.5) is 0 Å². The maximum Gasteiger partial charge on any atom is 0.472 e.